The molecule has 0 aliphatic carbocycles. The molecule has 18 atom stereocenters. The van der Waals surface area contributed by atoms with E-state index in [2.05, 4.69) is 93.0 Å². The summed E-state index contributed by atoms with van der Waals surface area (Å²) in [6.45, 7) is 35.7. The van der Waals surface area contributed by atoms with Gasteiger partial charge >= 0.3 is 18.2 Å². The van der Waals surface area contributed by atoms with Gasteiger partial charge in [0.2, 0.25) is 11.8 Å². The number of nitrogens with zero attached hydrogens (tertiary/aromatic N) is 11. The number of amidine groups is 3. The van der Waals surface area contributed by atoms with Crippen LogP contribution in [0.25, 0.3) is 0 Å². The van der Waals surface area contributed by atoms with Gasteiger partial charge in [-0.15, -0.1) is 0 Å². The smallest absolute Gasteiger partial charge is 0.408 e. The molecule has 6 N–H and O–H groups in total. The maximum absolute atomic E-state index is 15.1. The van der Waals surface area contributed by atoms with Crippen LogP contribution in [0.3, 0.4) is 0 Å². The van der Waals surface area contributed by atoms with Crippen molar-refractivity contribution in [1.82, 2.24) is 55.1 Å². The molecule has 0 unspecified atom stereocenters. The summed E-state index contributed by atoms with van der Waals surface area (Å²) in [6.07, 6.45) is -1.56. The zero-order valence-corrected chi connectivity index (χ0v) is 90.9. The highest BCUT2D eigenvalue weighted by atomic mass is 35.5. The van der Waals surface area contributed by atoms with E-state index in [4.69, 9.17) is 99.8 Å². The van der Waals surface area contributed by atoms with E-state index >= 15 is 4.39 Å². The van der Waals surface area contributed by atoms with Crippen LogP contribution < -0.4 is 21.7 Å². The summed E-state index contributed by atoms with van der Waals surface area (Å²) in [5, 5.41) is 23.7. The van der Waals surface area contributed by atoms with Gasteiger partial charge in [-0.1, -0.05) is 184 Å². The van der Waals surface area contributed by atoms with Gasteiger partial charge in [-0.2, -0.15) is 0 Å². The maximum Gasteiger partial charge on any atom is 0.408 e. The molecule has 38 heteroatoms. The number of amides is 7. The van der Waals surface area contributed by atoms with Gasteiger partial charge in [-0.25, -0.2) is 42.5 Å². The zero-order valence-electron chi connectivity index (χ0n) is 83.9. The van der Waals surface area contributed by atoms with Gasteiger partial charge in [0.15, 0.2) is 15.5 Å². The first-order valence-electron chi connectivity index (χ1n) is 48.9. The van der Waals surface area contributed by atoms with Gasteiger partial charge in [-0.05, 0) is 281 Å². The Morgan fingerprint density at radius 1 is 0.417 bits per heavy atom. The molecule has 12 heterocycles. The summed E-state index contributed by atoms with van der Waals surface area (Å²) in [7, 11) is 0. The number of aliphatic carboxylic acids is 1. The number of rotatable bonds is 17. The van der Waals surface area contributed by atoms with Gasteiger partial charge < -0.3 is 75.5 Å². The van der Waals surface area contributed by atoms with Crippen LogP contribution in [0.4, 0.5) is 22.8 Å². The number of carboxylic acid groups (broad SMARTS) is 1. The summed E-state index contributed by atoms with van der Waals surface area (Å²) in [6, 6.07) is 40.9. The summed E-state index contributed by atoms with van der Waals surface area (Å²) in [5.74, 6) is -2.23. The highest BCUT2D eigenvalue weighted by Gasteiger charge is 2.60. The number of likely N-dealkylation sites (tertiary alicyclic amines) is 5. The molecule has 26 nitrogen and oxygen atoms in total. The van der Waals surface area contributed by atoms with Crippen LogP contribution in [0, 0.1) is 17.8 Å². The lowest BCUT2D eigenvalue weighted by Crippen LogP contribution is -2.50. The van der Waals surface area contributed by atoms with Crippen molar-refractivity contribution in [2.75, 3.05) is 39.3 Å². The Hall–Kier alpha value is -9.19. The number of carboxylic acids is 1. The Labute approximate surface area is 883 Å². The lowest BCUT2D eigenvalue weighted by molar-refractivity contribution is -0.147. The number of nitrogens with two attached hydrogens (primary N) is 1. The number of hydrogen-bond acceptors (Lipinski definition) is 21. The molecule has 0 aromatic heterocycles. The largest absolute Gasteiger partial charge is 0.480 e. The minimum absolute atomic E-state index is 0.00250. The predicted molar refractivity (Wildman–Crippen MR) is 566 cm³/mol. The van der Waals surface area contributed by atoms with Gasteiger partial charge in [0, 0.05) is 91.5 Å². The Balaban J connectivity index is 0.000000153. The van der Waals surface area contributed by atoms with Gasteiger partial charge in [0.1, 0.15) is 79.2 Å². The predicted octanol–water partition coefficient (Wildman–Crippen LogP) is 21.3. The van der Waals surface area contributed by atoms with Crippen LogP contribution in [0.15, 0.2) is 192 Å². The van der Waals surface area contributed by atoms with Crippen molar-refractivity contribution < 1.29 is 66.1 Å². The second kappa shape index (κ2) is 43.5. The van der Waals surface area contributed by atoms with E-state index in [1.807, 2.05) is 166 Å². The Kier molecular flexibility index (Phi) is 33.0. The molecule has 6 aromatic rings. The van der Waals surface area contributed by atoms with Crippen molar-refractivity contribution >= 4 is 168 Å². The number of benzene rings is 6. The number of allylic oxidation sites excluding steroid dienone is 3. The second-order valence-electron chi connectivity index (χ2n) is 42.2. The van der Waals surface area contributed by atoms with Crippen LogP contribution in [-0.2, 0) is 54.9 Å². The number of fused-ring (bicyclic) bond motifs is 3. The molecule has 12 aliphatic rings. The molecule has 6 fully saturated rings. The lowest BCUT2D eigenvalue weighted by atomic mass is 9.81. The standard InChI is InChI=1S/C37H44Cl2FN5O4S.C32H36Cl2FN5O2S.C28H29Cl2N3O3S.C9H17FN2O2/c1-20(2)29-30(50-34-42-37(7,23-11-15-25(39)16-12-23)31(45(29)34)22-9-13-24(38)14-10-22)33(47)44-21(3)8-17-28(44)32(46)43-18-26(40)27(19-43)41-35(48)49-36(4,5)6;1-17(2)26-27(30(42)39-18(3)5-14-25(39)29(41)38-15-23(35)24(36)16-38)43-31-37-32(4,20-8-12-22(34)13-9-20)28(40(26)31)19-6-10-21(33)11-7-19;1-15(2)22-23(25(34)32-16(3)5-14-21(32)26(35)36)37-27-31-28(4,18-8-12-20(30)13-9-18)24(33(22)27)17-6-10-19(29)11-7-17;1-9(2,3)14-8(13)12-7-5-11-4-6(7)10/h9-16,20-21,26-28,31H,8,17-19H2,1-7H3,(H,41,48);6-13,17-18,23-25,28H,5,14-16,36H2,1-4H3;6-13,15-16,21,24H,5,14H2,1-4H3,(H,35,36);6-7,11H,4-5H2,1-3H3,(H,12,13)/t21-,26-,27-,28+,31-,37+;18-,23-,24-,25+,28-,32+;16-,21+,24-,28+;6-,7-/m1111/s1. The molecular weight excluding hydrogens is 2030 g/mol. The molecule has 144 heavy (non-hydrogen) atoms. The topological polar surface area (TPSA) is 300 Å². The van der Waals surface area contributed by atoms with Crippen molar-refractivity contribution in [2.24, 2.45) is 38.5 Å². The van der Waals surface area contributed by atoms with Crippen LogP contribution in [-0.4, -0.2) is 231 Å². The molecular formula is C106H126Cl6F3N15O11S3. The number of ether oxygens (including phenoxy) is 2. The number of aliphatic imine (C=N–C) groups is 3. The third-order valence-corrected chi connectivity index (χ3v) is 33.1. The average Bonchev–Trinajstić information content (AvgIpc) is 1.56. The van der Waals surface area contributed by atoms with E-state index in [1.54, 1.807) is 56.2 Å². The maximum atomic E-state index is 15.1. The first-order chi connectivity index (χ1) is 67.8. The Morgan fingerprint density at radius 2 is 0.701 bits per heavy atom. The number of carbonyl (C=O) groups excluding carboxylic acids is 7. The minimum atomic E-state index is -1.46. The molecule has 0 spiro atoms. The lowest BCUT2D eigenvalue weighted by Gasteiger charge is -2.37. The van der Waals surface area contributed by atoms with Gasteiger partial charge in [0.05, 0.1) is 49.3 Å². The summed E-state index contributed by atoms with van der Waals surface area (Å²) in [4.78, 5) is 138. The average molecular weight is 2150 g/mol. The fraction of sp³-hybridized carbons (Fsp3) is 0.500. The van der Waals surface area contributed by atoms with Crippen LogP contribution in [0.1, 0.15) is 215 Å². The third-order valence-electron chi connectivity index (χ3n) is 28.4. The Bertz CT molecular complexity index is 6070. The van der Waals surface area contributed by atoms with Crippen LogP contribution in [0.2, 0.25) is 30.1 Å². The highest BCUT2D eigenvalue weighted by molar-refractivity contribution is 8.18. The summed E-state index contributed by atoms with van der Waals surface area (Å²) >= 11 is 41.6. The molecule has 772 valence electrons. The van der Waals surface area contributed by atoms with E-state index in [0.29, 0.717) is 102 Å². The van der Waals surface area contributed by atoms with Crippen LogP contribution in [0.5, 0.6) is 0 Å². The van der Waals surface area contributed by atoms with Gasteiger partial charge in [0.25, 0.3) is 17.7 Å². The number of alkyl halides is 3. The second-order valence-corrected chi connectivity index (χ2v) is 47.7. The van der Waals surface area contributed by atoms with Crippen molar-refractivity contribution in [2.45, 2.75) is 282 Å². The molecule has 0 radical (unpaired) electrons. The molecule has 0 bridgehead atoms. The molecule has 7 amide bonds. The van der Waals surface area contributed by atoms with E-state index in [1.165, 1.54) is 45.1 Å². The number of carbonyl (C=O) groups is 8. The first kappa shape index (κ1) is 109. The Morgan fingerprint density at radius 3 is 0.979 bits per heavy atom. The van der Waals surface area contributed by atoms with E-state index < -0.39 is 101 Å². The number of nitrogens with one attached hydrogen (secondary N) is 3. The minimum Gasteiger partial charge on any atom is -0.480 e. The molecule has 18 rings (SSSR count). The number of hydrogen-bond donors (Lipinski definition) is 5. The monoisotopic (exact) mass is 2150 g/mol. The van der Waals surface area contributed by atoms with Crippen molar-refractivity contribution in [3.63, 3.8) is 0 Å². The molecule has 6 aromatic carbocycles. The highest BCUT2D eigenvalue weighted by Crippen LogP contribution is 2.61. The van der Waals surface area contributed by atoms with Crippen LogP contribution >= 0.6 is 105 Å². The molecule has 0 saturated carbocycles. The van der Waals surface area contributed by atoms with Crippen molar-refractivity contribution in [3.05, 3.63) is 241 Å². The molecule has 12 aliphatic heterocycles. The quantitative estimate of drug-likeness (QED) is 0.0567. The third kappa shape index (κ3) is 22.4. The van der Waals surface area contributed by atoms with E-state index in [0.717, 1.165) is 60.8 Å². The summed E-state index contributed by atoms with van der Waals surface area (Å²) in [5.41, 5.74) is 11.2. The summed E-state index contributed by atoms with van der Waals surface area (Å²) < 4.78 is 52.7. The van der Waals surface area contributed by atoms with Crippen molar-refractivity contribution in [1.29, 1.82) is 0 Å². The normalized spacial score (nSPS) is 28.5. The number of alkyl carbamates (subject to hydrolysis) is 2. The van der Waals surface area contributed by atoms with E-state index in [-0.39, 0.29) is 110 Å². The van der Waals surface area contributed by atoms with Gasteiger partial charge in [-0.3, -0.25) is 24.0 Å². The van der Waals surface area contributed by atoms with Crippen molar-refractivity contribution in [3.8, 4) is 0 Å². The number of thioether (sulfide) groups is 3. The number of halogens is 9. The SMILES string of the molecule is CC(C)(C)OC(=O)N[C@@H]1CNC[C@H]1F.CC(C)C1=C(C(=O)N2[C@H](C)CC[C@H]2C(=O)N2C[C@@H](F)[C@H](NC(=O)OC(C)(C)C)C2)SC2=N[C@@](C)(c3ccc(Cl)cc3)[C@@H](c3ccc(Cl)cc3)N21.CC(C)C1=C(C(=O)N2[C@H](C)CC[C@H]2C(=O)N2C[C@@H](N)[C@H](F)C2)SC2=N[C@@](C)(c3ccc(Cl)cc3)[C@@H](c3ccc(Cl)cc3)N21.CC(C)C1=C(C(=O)N2[C@H](C)CC[C@H]2C(=O)O)SC2=N[C@@](C)(c3ccc(Cl)cc3)[C@@H](c3ccc(Cl)cc3)N21. The zero-order chi connectivity index (χ0) is 104. The fourth-order valence-corrected chi connectivity index (χ4v) is 26.2. The molecule has 6 saturated heterocycles. The first-order valence-corrected chi connectivity index (χ1v) is 53.6. The fourth-order valence-electron chi connectivity index (χ4n) is 21.4. The van der Waals surface area contributed by atoms with E-state index in [9.17, 15) is 52.2 Å².